The highest BCUT2D eigenvalue weighted by atomic mass is 16.5. The van der Waals surface area contributed by atoms with Gasteiger partial charge in [-0.2, -0.15) is 0 Å². The lowest BCUT2D eigenvalue weighted by Gasteiger charge is -2.18. The number of carbonyl (C=O) groups is 3. The number of nitrogens with two attached hydrogens (primary N) is 2. The second-order valence-corrected chi connectivity index (χ2v) is 5.97. The minimum Gasteiger partial charge on any atom is -0.377 e. The third kappa shape index (κ3) is 7.04. The van der Waals surface area contributed by atoms with Crippen molar-refractivity contribution in [3.8, 4) is 0 Å². The van der Waals surface area contributed by atoms with E-state index in [1.165, 1.54) is 6.29 Å². The van der Waals surface area contributed by atoms with Gasteiger partial charge >= 0.3 is 0 Å². The quantitative estimate of drug-likeness (QED) is 0.0990. The highest BCUT2D eigenvalue weighted by Crippen LogP contribution is 2.24. The van der Waals surface area contributed by atoms with Crippen molar-refractivity contribution in [2.24, 2.45) is 11.5 Å². The summed E-state index contributed by atoms with van der Waals surface area (Å²) in [5, 5.41) is 12.2. The maximum absolute atomic E-state index is 11.8. The molecule has 1 aliphatic carbocycles. The number of hydrogen-bond donors (Lipinski definition) is 5. The van der Waals surface area contributed by atoms with Crippen LogP contribution in [0.1, 0.15) is 25.7 Å². The van der Waals surface area contributed by atoms with E-state index in [9.17, 15) is 19.2 Å². The summed E-state index contributed by atoms with van der Waals surface area (Å²) in [5.41, 5.74) is 8.78. The van der Waals surface area contributed by atoms with Crippen LogP contribution >= 0.6 is 0 Å². The van der Waals surface area contributed by atoms with Gasteiger partial charge in [0.2, 0.25) is 12.2 Å². The molecule has 0 heterocycles. The predicted molar refractivity (Wildman–Crippen MR) is 94.6 cm³/mol. The van der Waals surface area contributed by atoms with Gasteiger partial charge in [0, 0.05) is 25.9 Å². The summed E-state index contributed by atoms with van der Waals surface area (Å²) in [6, 6.07) is -0.676. The molecule has 0 aliphatic heterocycles. The molecule has 1 rings (SSSR count). The first kappa shape index (κ1) is 22.7. The zero-order valence-corrected chi connectivity index (χ0v) is 15.0. The highest BCUT2D eigenvalue weighted by molar-refractivity contribution is 6.26. The fourth-order valence-corrected chi connectivity index (χ4v) is 2.45. The average molecular weight is 384 g/mol. The number of ether oxygens (including phenoxy) is 2. The first-order valence-electron chi connectivity index (χ1n) is 8.62. The van der Waals surface area contributed by atoms with E-state index >= 15 is 0 Å². The molecule has 1 saturated carbocycles. The van der Waals surface area contributed by atoms with Crippen LogP contribution in [0, 0.1) is 5.41 Å². The Labute approximate surface area is 157 Å². The molecule has 0 saturated heterocycles. The molecule has 11 heteroatoms. The van der Waals surface area contributed by atoms with E-state index in [1.54, 1.807) is 0 Å². The second-order valence-electron chi connectivity index (χ2n) is 5.97. The largest absolute Gasteiger partial charge is 0.377 e. The molecule has 151 valence electrons. The lowest BCUT2D eigenvalue weighted by atomic mass is 10.0. The van der Waals surface area contributed by atoms with Gasteiger partial charge in [-0.1, -0.05) is 0 Å². The van der Waals surface area contributed by atoms with Crippen molar-refractivity contribution in [2.45, 2.75) is 37.3 Å². The smallest absolute Gasteiger partial charge is 0.250 e. The number of rotatable bonds is 13. The van der Waals surface area contributed by atoms with Crippen LogP contribution in [0.2, 0.25) is 0 Å². The van der Waals surface area contributed by atoms with E-state index in [0.717, 1.165) is 0 Å². The lowest BCUT2D eigenvalue weighted by molar-refractivity contribution is -0.144. The predicted octanol–water partition coefficient (Wildman–Crippen LogP) is -2.49. The molecular weight excluding hydrogens is 358 g/mol. The van der Waals surface area contributed by atoms with Gasteiger partial charge in [0.25, 0.3) is 5.60 Å². The summed E-state index contributed by atoms with van der Waals surface area (Å²) in [4.78, 5) is 46.0. The van der Waals surface area contributed by atoms with Crippen molar-refractivity contribution >= 4 is 29.7 Å². The van der Waals surface area contributed by atoms with Gasteiger partial charge in [0.05, 0.1) is 25.9 Å². The molecule has 0 bridgehead atoms. The van der Waals surface area contributed by atoms with Crippen LogP contribution in [-0.2, 0) is 28.7 Å². The third-order valence-corrected chi connectivity index (χ3v) is 3.94. The first-order chi connectivity index (χ1) is 12.8. The highest BCUT2D eigenvalue weighted by Gasteiger charge is 2.51. The van der Waals surface area contributed by atoms with Crippen LogP contribution in [-0.4, -0.2) is 74.3 Å². The molecular formula is C16H26N5O6. The Morgan fingerprint density at radius 3 is 2.44 bits per heavy atom. The topological polar surface area (TPSA) is 187 Å². The van der Waals surface area contributed by atoms with Gasteiger partial charge in [-0.25, -0.2) is 0 Å². The summed E-state index contributed by atoms with van der Waals surface area (Å²) in [7, 11) is 0. The van der Waals surface area contributed by atoms with Gasteiger partial charge in [-0.3, -0.25) is 24.6 Å². The molecule has 7 N–H and O–H groups in total. The number of carbonyl (C=O) groups excluding carboxylic acids is 4. The summed E-state index contributed by atoms with van der Waals surface area (Å²) in [6.07, 6.45) is 2.40. The molecule has 0 spiro atoms. The van der Waals surface area contributed by atoms with Gasteiger partial charge in [-0.15, -0.1) is 0 Å². The molecule has 1 amide bonds. The Hall–Kier alpha value is -2.37. The molecule has 1 radical (unpaired) electrons. The van der Waals surface area contributed by atoms with E-state index in [0.29, 0.717) is 19.4 Å². The maximum atomic E-state index is 11.8. The van der Waals surface area contributed by atoms with E-state index < -0.39 is 23.2 Å². The van der Waals surface area contributed by atoms with Crippen molar-refractivity contribution < 1.29 is 28.7 Å². The van der Waals surface area contributed by atoms with Crippen molar-refractivity contribution in [1.82, 2.24) is 10.6 Å². The van der Waals surface area contributed by atoms with Crippen LogP contribution < -0.4 is 22.1 Å². The fourth-order valence-electron chi connectivity index (χ4n) is 2.45. The zero-order valence-electron chi connectivity index (χ0n) is 15.0. The number of Topliss-reactive ketones (excluding diaryl/α,β-unsaturated/α-hetero) is 2. The van der Waals surface area contributed by atoms with Crippen molar-refractivity contribution in [3.63, 3.8) is 0 Å². The molecule has 1 atom stereocenters. The maximum Gasteiger partial charge on any atom is 0.250 e. The number of nitrogens with one attached hydrogen (secondary N) is 3. The molecule has 1 aliphatic rings. The monoisotopic (exact) mass is 384 g/mol. The molecule has 0 unspecified atom stereocenters. The Morgan fingerprint density at radius 2 is 1.85 bits per heavy atom. The summed E-state index contributed by atoms with van der Waals surface area (Å²) in [5.74, 6) is -1.62. The number of amides is 1. The second kappa shape index (κ2) is 11.4. The Morgan fingerprint density at radius 1 is 1.19 bits per heavy atom. The molecule has 27 heavy (non-hydrogen) atoms. The number of ketones is 2. The Bertz CT molecular complexity index is 552. The standard InChI is InChI=1S/C16H26N5O6/c17-11(2-1-5-21-15(18)19)14(25)20-6-7-26-8-9-27-16(10-22)12(23)3-4-13(16)24/h11H,1-9,17H2,(H,20,25)(H4,18,19,21)/t11-/m0/s1. The van der Waals surface area contributed by atoms with Gasteiger partial charge < -0.3 is 31.6 Å². The van der Waals surface area contributed by atoms with Crippen molar-refractivity contribution in [1.29, 1.82) is 5.41 Å². The minimum absolute atomic E-state index is 0.0218. The van der Waals surface area contributed by atoms with E-state index in [2.05, 4.69) is 10.6 Å². The van der Waals surface area contributed by atoms with E-state index in [4.69, 9.17) is 26.4 Å². The van der Waals surface area contributed by atoms with E-state index in [-0.39, 0.29) is 51.1 Å². The minimum atomic E-state index is -2.10. The molecule has 0 aromatic heterocycles. The number of guanidine groups is 1. The summed E-state index contributed by atoms with van der Waals surface area (Å²) in [6.45, 7) is 0.782. The van der Waals surface area contributed by atoms with Crippen molar-refractivity contribution in [3.05, 3.63) is 0 Å². The third-order valence-electron chi connectivity index (χ3n) is 3.94. The van der Waals surface area contributed by atoms with E-state index in [1.807, 2.05) is 0 Å². The van der Waals surface area contributed by atoms with Gasteiger partial charge in [-0.05, 0) is 12.8 Å². The fraction of sp³-hybridized carbons (Fsp3) is 0.688. The van der Waals surface area contributed by atoms with Crippen LogP contribution in [0.3, 0.4) is 0 Å². The van der Waals surface area contributed by atoms with Crippen LogP contribution in [0.15, 0.2) is 0 Å². The lowest BCUT2D eigenvalue weighted by Crippen LogP contribution is -2.46. The summed E-state index contributed by atoms with van der Waals surface area (Å²) >= 11 is 0. The molecule has 0 aromatic rings. The van der Waals surface area contributed by atoms with Crippen LogP contribution in [0.25, 0.3) is 0 Å². The summed E-state index contributed by atoms with van der Waals surface area (Å²) < 4.78 is 10.3. The Balaban J connectivity index is 2.10. The normalized spacial score (nSPS) is 16.8. The molecule has 0 aromatic carbocycles. The molecule has 1 fully saturated rings. The zero-order chi connectivity index (χ0) is 20.3. The van der Waals surface area contributed by atoms with Crippen LogP contribution in [0.5, 0.6) is 0 Å². The Kier molecular flexibility index (Phi) is 9.54. The number of hydrogen-bond acceptors (Lipinski definition) is 8. The van der Waals surface area contributed by atoms with Crippen LogP contribution in [0.4, 0.5) is 0 Å². The van der Waals surface area contributed by atoms with Crippen molar-refractivity contribution in [2.75, 3.05) is 32.9 Å². The van der Waals surface area contributed by atoms with Gasteiger partial charge in [0.1, 0.15) is 0 Å². The van der Waals surface area contributed by atoms with Gasteiger partial charge in [0.15, 0.2) is 17.5 Å². The average Bonchev–Trinajstić information content (AvgIpc) is 2.92. The molecule has 11 nitrogen and oxygen atoms in total. The SMILES string of the molecule is N=C(N)NCCC[C@H](N)C(=O)NCCOCCOC1([C]=O)C(=O)CCC1=O. The first-order valence-corrected chi connectivity index (χ1v) is 8.62.